The molecule has 0 spiro atoms. The van der Waals surface area contributed by atoms with Crippen LogP contribution in [0.1, 0.15) is 50.0 Å². The van der Waals surface area contributed by atoms with Crippen LogP contribution >= 0.6 is 0 Å². The Morgan fingerprint density at radius 3 is 2.90 bits per heavy atom. The topological polar surface area (TPSA) is 68.9 Å². The monoisotopic (exact) mass is 271 g/mol. The summed E-state index contributed by atoms with van der Waals surface area (Å²) in [6.07, 6.45) is 7.34. The standard InChI is InChI=1S/C15H17N3O2/c1-2-10-9-16-8-7-13(10)14-17-15(20-18-14)11-3-5-12(19)6-4-11/h7-9,11H,2-6H2,1H3. The molecule has 20 heavy (non-hydrogen) atoms. The first kappa shape index (κ1) is 13.0. The largest absolute Gasteiger partial charge is 0.339 e. The molecular weight excluding hydrogens is 254 g/mol. The predicted octanol–water partition coefficient (Wildman–Crippen LogP) is 2.92. The van der Waals surface area contributed by atoms with Gasteiger partial charge in [0.15, 0.2) is 0 Å². The minimum atomic E-state index is 0.223. The fourth-order valence-electron chi connectivity index (χ4n) is 2.62. The normalized spacial score (nSPS) is 16.6. The van der Waals surface area contributed by atoms with Gasteiger partial charge in [-0.3, -0.25) is 9.78 Å². The molecule has 5 nitrogen and oxygen atoms in total. The van der Waals surface area contributed by atoms with E-state index in [4.69, 9.17) is 4.52 Å². The number of aryl methyl sites for hydroxylation is 1. The van der Waals surface area contributed by atoms with E-state index in [9.17, 15) is 4.79 Å². The molecule has 104 valence electrons. The van der Waals surface area contributed by atoms with Gasteiger partial charge in [-0.1, -0.05) is 12.1 Å². The Labute approximate surface area is 117 Å². The quantitative estimate of drug-likeness (QED) is 0.858. The molecule has 0 unspecified atom stereocenters. The van der Waals surface area contributed by atoms with Crippen molar-refractivity contribution in [2.24, 2.45) is 0 Å². The lowest BCUT2D eigenvalue weighted by molar-refractivity contribution is -0.120. The third kappa shape index (κ3) is 2.48. The summed E-state index contributed by atoms with van der Waals surface area (Å²) in [6, 6.07) is 1.91. The van der Waals surface area contributed by atoms with Gasteiger partial charge in [-0.25, -0.2) is 0 Å². The summed E-state index contributed by atoms with van der Waals surface area (Å²) >= 11 is 0. The van der Waals surface area contributed by atoms with Crippen molar-refractivity contribution < 1.29 is 9.32 Å². The van der Waals surface area contributed by atoms with E-state index in [1.54, 1.807) is 6.20 Å². The number of nitrogens with zero attached hydrogens (tertiary/aromatic N) is 3. The van der Waals surface area contributed by atoms with Crippen molar-refractivity contribution in [1.29, 1.82) is 0 Å². The molecular formula is C15H17N3O2. The molecule has 0 N–H and O–H groups in total. The molecule has 2 aromatic heterocycles. The first-order chi connectivity index (χ1) is 9.78. The predicted molar refractivity (Wildman–Crippen MR) is 73.1 cm³/mol. The highest BCUT2D eigenvalue weighted by atomic mass is 16.5. The lowest BCUT2D eigenvalue weighted by Crippen LogP contribution is -2.12. The number of carbonyl (C=O) groups excluding carboxylic acids is 1. The Morgan fingerprint density at radius 1 is 1.35 bits per heavy atom. The second-order valence-electron chi connectivity index (χ2n) is 5.16. The lowest BCUT2D eigenvalue weighted by atomic mass is 9.88. The van der Waals surface area contributed by atoms with E-state index in [1.165, 1.54) is 0 Å². The molecule has 1 aliphatic carbocycles. The van der Waals surface area contributed by atoms with E-state index in [-0.39, 0.29) is 5.92 Å². The summed E-state index contributed by atoms with van der Waals surface area (Å²) in [6.45, 7) is 2.08. The number of carbonyl (C=O) groups is 1. The number of hydrogen-bond donors (Lipinski definition) is 0. The van der Waals surface area contributed by atoms with Gasteiger partial charge in [0.2, 0.25) is 11.7 Å². The van der Waals surface area contributed by atoms with Gasteiger partial charge < -0.3 is 4.52 Å². The summed E-state index contributed by atoms with van der Waals surface area (Å²) in [5.74, 6) is 1.84. The number of Topliss-reactive ketones (excluding diaryl/α,β-unsaturated/α-hetero) is 1. The summed E-state index contributed by atoms with van der Waals surface area (Å²) < 4.78 is 5.40. The molecule has 0 radical (unpaired) electrons. The van der Waals surface area contributed by atoms with Gasteiger partial charge in [-0.05, 0) is 30.9 Å². The minimum Gasteiger partial charge on any atom is -0.339 e. The fraction of sp³-hybridized carbons (Fsp3) is 0.467. The molecule has 0 atom stereocenters. The Balaban J connectivity index is 1.85. The molecule has 2 aromatic rings. The number of ketones is 1. The zero-order valence-corrected chi connectivity index (χ0v) is 11.5. The van der Waals surface area contributed by atoms with Gasteiger partial charge in [0.1, 0.15) is 5.78 Å². The average molecular weight is 271 g/mol. The van der Waals surface area contributed by atoms with Crippen LogP contribution in [0.5, 0.6) is 0 Å². The SMILES string of the molecule is CCc1cnccc1-c1noc(C2CCC(=O)CC2)n1. The van der Waals surface area contributed by atoms with Crippen LogP contribution in [0, 0.1) is 0 Å². The molecule has 5 heteroatoms. The number of hydrogen-bond acceptors (Lipinski definition) is 5. The van der Waals surface area contributed by atoms with Crippen molar-refractivity contribution in [2.75, 3.05) is 0 Å². The zero-order chi connectivity index (χ0) is 13.9. The smallest absolute Gasteiger partial charge is 0.230 e. The van der Waals surface area contributed by atoms with E-state index >= 15 is 0 Å². The Bertz CT molecular complexity index is 611. The van der Waals surface area contributed by atoms with Crippen LogP contribution in [-0.4, -0.2) is 20.9 Å². The summed E-state index contributed by atoms with van der Waals surface area (Å²) in [7, 11) is 0. The van der Waals surface area contributed by atoms with Gasteiger partial charge >= 0.3 is 0 Å². The van der Waals surface area contributed by atoms with Crippen molar-refractivity contribution in [2.45, 2.75) is 44.9 Å². The maximum Gasteiger partial charge on any atom is 0.230 e. The van der Waals surface area contributed by atoms with Crippen molar-refractivity contribution in [1.82, 2.24) is 15.1 Å². The van der Waals surface area contributed by atoms with E-state index in [0.29, 0.717) is 30.3 Å². The van der Waals surface area contributed by atoms with Crippen LogP contribution in [0.4, 0.5) is 0 Å². The van der Waals surface area contributed by atoms with Crippen LogP contribution in [0.25, 0.3) is 11.4 Å². The van der Waals surface area contributed by atoms with E-state index in [1.807, 2.05) is 12.3 Å². The van der Waals surface area contributed by atoms with Gasteiger partial charge in [-0.2, -0.15) is 4.98 Å². The number of rotatable bonds is 3. The van der Waals surface area contributed by atoms with Gasteiger partial charge in [0.05, 0.1) is 0 Å². The van der Waals surface area contributed by atoms with Crippen LogP contribution in [0.15, 0.2) is 23.0 Å². The van der Waals surface area contributed by atoms with E-state index in [2.05, 4.69) is 22.0 Å². The van der Waals surface area contributed by atoms with E-state index < -0.39 is 0 Å². The third-order valence-electron chi connectivity index (χ3n) is 3.86. The highest BCUT2D eigenvalue weighted by molar-refractivity contribution is 5.79. The molecule has 3 rings (SSSR count). The van der Waals surface area contributed by atoms with Crippen molar-refractivity contribution >= 4 is 5.78 Å². The maximum atomic E-state index is 11.3. The molecule has 2 heterocycles. The lowest BCUT2D eigenvalue weighted by Gasteiger charge is -2.16. The molecule has 0 amide bonds. The molecule has 0 aliphatic heterocycles. The first-order valence-electron chi connectivity index (χ1n) is 7.06. The first-order valence-corrected chi connectivity index (χ1v) is 7.06. The summed E-state index contributed by atoms with van der Waals surface area (Å²) in [5.41, 5.74) is 2.09. The average Bonchev–Trinajstić information content (AvgIpc) is 2.97. The molecule has 1 fully saturated rings. The fourth-order valence-corrected chi connectivity index (χ4v) is 2.62. The Hall–Kier alpha value is -2.04. The third-order valence-corrected chi connectivity index (χ3v) is 3.86. The van der Waals surface area contributed by atoms with Crippen LogP contribution in [0.3, 0.4) is 0 Å². The number of pyridine rings is 1. The molecule has 1 aliphatic rings. The molecule has 1 saturated carbocycles. The van der Waals surface area contributed by atoms with Crippen molar-refractivity contribution in [3.63, 3.8) is 0 Å². The highest BCUT2D eigenvalue weighted by Crippen LogP contribution is 2.31. The maximum absolute atomic E-state index is 11.3. The van der Waals surface area contributed by atoms with E-state index in [0.717, 1.165) is 30.4 Å². The summed E-state index contributed by atoms with van der Waals surface area (Å²) in [5, 5.41) is 4.09. The molecule has 0 bridgehead atoms. The highest BCUT2D eigenvalue weighted by Gasteiger charge is 2.25. The van der Waals surface area contributed by atoms with Crippen molar-refractivity contribution in [3.8, 4) is 11.4 Å². The van der Waals surface area contributed by atoms with Crippen LogP contribution in [-0.2, 0) is 11.2 Å². The summed E-state index contributed by atoms with van der Waals surface area (Å²) in [4.78, 5) is 19.9. The van der Waals surface area contributed by atoms with Gasteiger partial charge in [0, 0.05) is 36.7 Å². The molecule has 0 saturated heterocycles. The zero-order valence-electron chi connectivity index (χ0n) is 11.5. The molecule has 0 aromatic carbocycles. The number of aromatic nitrogens is 3. The second-order valence-corrected chi connectivity index (χ2v) is 5.16. The van der Waals surface area contributed by atoms with Crippen LogP contribution in [0.2, 0.25) is 0 Å². The Kier molecular flexibility index (Phi) is 3.58. The van der Waals surface area contributed by atoms with Crippen molar-refractivity contribution in [3.05, 3.63) is 29.9 Å². The van der Waals surface area contributed by atoms with Gasteiger partial charge in [-0.15, -0.1) is 0 Å². The Morgan fingerprint density at radius 2 is 2.15 bits per heavy atom. The minimum absolute atomic E-state index is 0.223. The second kappa shape index (κ2) is 5.53. The van der Waals surface area contributed by atoms with Gasteiger partial charge in [0.25, 0.3) is 0 Å². The van der Waals surface area contributed by atoms with Crippen LogP contribution < -0.4 is 0 Å².